The summed E-state index contributed by atoms with van der Waals surface area (Å²) in [6.07, 6.45) is 2.27. The molecule has 0 bridgehead atoms. The number of halogens is 2. The van der Waals surface area contributed by atoms with E-state index in [2.05, 4.69) is 5.10 Å². The molecule has 1 amide bonds. The maximum Gasteiger partial charge on any atom is 0.274 e. The molecule has 0 radical (unpaired) electrons. The summed E-state index contributed by atoms with van der Waals surface area (Å²) in [7, 11) is 0. The molecule has 8 nitrogen and oxygen atoms in total. The fourth-order valence-corrected chi connectivity index (χ4v) is 3.42. The molecule has 1 saturated heterocycles. The zero-order chi connectivity index (χ0) is 22.0. The lowest BCUT2D eigenvalue weighted by molar-refractivity contribution is -0.384. The first-order chi connectivity index (χ1) is 14.9. The van der Waals surface area contributed by atoms with Crippen LogP contribution in [0.5, 0.6) is 5.75 Å². The SMILES string of the molecule is O=C(c1ccn(-c2cccc([N+](=O)[O-])c2)n1)N1CCC(Oc2ccc(F)cc2F)CC1. The molecule has 2 aromatic carbocycles. The number of hydrogen-bond acceptors (Lipinski definition) is 5. The van der Waals surface area contributed by atoms with E-state index in [4.69, 9.17) is 4.74 Å². The highest BCUT2D eigenvalue weighted by Gasteiger charge is 2.26. The van der Waals surface area contributed by atoms with E-state index >= 15 is 0 Å². The van der Waals surface area contributed by atoms with Gasteiger partial charge < -0.3 is 9.64 Å². The van der Waals surface area contributed by atoms with Crippen molar-refractivity contribution >= 4 is 11.6 Å². The van der Waals surface area contributed by atoms with Crippen LogP contribution in [0.4, 0.5) is 14.5 Å². The van der Waals surface area contributed by atoms with E-state index in [1.54, 1.807) is 29.3 Å². The highest BCUT2D eigenvalue weighted by molar-refractivity contribution is 5.92. The van der Waals surface area contributed by atoms with Crippen molar-refractivity contribution in [2.75, 3.05) is 13.1 Å². The molecule has 0 saturated carbocycles. The molecule has 2 heterocycles. The number of carbonyl (C=O) groups is 1. The summed E-state index contributed by atoms with van der Waals surface area (Å²) in [5, 5.41) is 15.2. The summed E-state index contributed by atoms with van der Waals surface area (Å²) < 4.78 is 33.8. The van der Waals surface area contributed by atoms with Gasteiger partial charge in [0, 0.05) is 50.3 Å². The fourth-order valence-electron chi connectivity index (χ4n) is 3.42. The maximum atomic E-state index is 13.8. The number of nitro groups is 1. The van der Waals surface area contributed by atoms with Crippen LogP contribution in [-0.2, 0) is 0 Å². The Morgan fingerprint density at radius 1 is 1.13 bits per heavy atom. The van der Waals surface area contributed by atoms with E-state index in [9.17, 15) is 23.7 Å². The summed E-state index contributed by atoms with van der Waals surface area (Å²) >= 11 is 0. The van der Waals surface area contributed by atoms with Gasteiger partial charge in [-0.3, -0.25) is 14.9 Å². The van der Waals surface area contributed by atoms with Crippen LogP contribution in [-0.4, -0.2) is 44.7 Å². The number of likely N-dealkylation sites (tertiary alicyclic amines) is 1. The number of non-ortho nitro benzene ring substituents is 1. The Kier molecular flexibility index (Phi) is 5.61. The van der Waals surface area contributed by atoms with Gasteiger partial charge in [-0.2, -0.15) is 5.10 Å². The van der Waals surface area contributed by atoms with Crippen molar-refractivity contribution in [2.45, 2.75) is 18.9 Å². The summed E-state index contributed by atoms with van der Waals surface area (Å²) in [5.74, 6) is -1.71. The standard InChI is InChI=1S/C21H18F2N4O4/c22-14-4-5-20(18(23)12-14)31-17-6-9-25(10-7-17)21(28)19-8-11-26(24-19)15-2-1-3-16(13-15)27(29)30/h1-5,8,11-13,17H,6-7,9-10H2. The third-order valence-electron chi connectivity index (χ3n) is 5.03. The maximum absolute atomic E-state index is 13.8. The summed E-state index contributed by atoms with van der Waals surface area (Å²) in [4.78, 5) is 24.9. The number of carbonyl (C=O) groups excluding carboxylic acids is 1. The van der Waals surface area contributed by atoms with E-state index in [-0.39, 0.29) is 29.1 Å². The molecule has 0 spiro atoms. The summed E-state index contributed by atoms with van der Waals surface area (Å²) in [5.41, 5.74) is 0.623. The first-order valence-corrected chi connectivity index (χ1v) is 9.62. The van der Waals surface area contributed by atoms with Gasteiger partial charge in [0.15, 0.2) is 17.3 Å². The first kappa shape index (κ1) is 20.5. The quantitative estimate of drug-likeness (QED) is 0.456. The lowest BCUT2D eigenvalue weighted by Crippen LogP contribution is -2.42. The molecule has 0 aliphatic carbocycles. The highest BCUT2D eigenvalue weighted by Crippen LogP contribution is 2.23. The van der Waals surface area contributed by atoms with E-state index in [0.29, 0.717) is 31.6 Å². The fraction of sp³-hybridized carbons (Fsp3) is 0.238. The Morgan fingerprint density at radius 2 is 1.90 bits per heavy atom. The first-order valence-electron chi connectivity index (χ1n) is 9.62. The Hall–Kier alpha value is -3.82. The molecule has 31 heavy (non-hydrogen) atoms. The Morgan fingerprint density at radius 3 is 2.61 bits per heavy atom. The molecule has 10 heteroatoms. The van der Waals surface area contributed by atoms with Crippen molar-refractivity contribution in [3.8, 4) is 11.4 Å². The molecule has 0 atom stereocenters. The van der Waals surface area contributed by atoms with Crippen LogP contribution in [0.3, 0.4) is 0 Å². The van der Waals surface area contributed by atoms with Crippen LogP contribution >= 0.6 is 0 Å². The van der Waals surface area contributed by atoms with Crippen LogP contribution in [0.15, 0.2) is 54.7 Å². The van der Waals surface area contributed by atoms with Crippen molar-refractivity contribution in [2.24, 2.45) is 0 Å². The van der Waals surface area contributed by atoms with E-state index in [1.807, 2.05) is 0 Å². The van der Waals surface area contributed by atoms with Gasteiger partial charge in [-0.15, -0.1) is 0 Å². The van der Waals surface area contributed by atoms with Gasteiger partial charge >= 0.3 is 0 Å². The van der Waals surface area contributed by atoms with Gasteiger partial charge in [0.25, 0.3) is 11.6 Å². The number of rotatable bonds is 5. The topological polar surface area (TPSA) is 90.5 Å². The molecule has 1 aromatic heterocycles. The van der Waals surface area contributed by atoms with Crippen molar-refractivity contribution < 1.29 is 23.2 Å². The molecular formula is C21H18F2N4O4. The number of nitrogens with zero attached hydrogens (tertiary/aromatic N) is 4. The minimum atomic E-state index is -0.759. The second-order valence-corrected chi connectivity index (χ2v) is 7.11. The van der Waals surface area contributed by atoms with E-state index in [0.717, 1.165) is 12.1 Å². The number of hydrogen-bond donors (Lipinski definition) is 0. The smallest absolute Gasteiger partial charge is 0.274 e. The zero-order valence-corrected chi connectivity index (χ0v) is 16.3. The van der Waals surface area contributed by atoms with Gasteiger partial charge in [-0.1, -0.05) is 6.07 Å². The second-order valence-electron chi connectivity index (χ2n) is 7.11. The zero-order valence-electron chi connectivity index (χ0n) is 16.3. The second kappa shape index (κ2) is 8.50. The molecule has 160 valence electrons. The van der Waals surface area contributed by atoms with Crippen molar-refractivity contribution in [3.05, 3.63) is 82.2 Å². The Bertz CT molecular complexity index is 1130. The van der Waals surface area contributed by atoms with Gasteiger partial charge in [0.05, 0.1) is 10.6 Å². The predicted molar refractivity (Wildman–Crippen MR) is 106 cm³/mol. The van der Waals surface area contributed by atoms with Crippen molar-refractivity contribution in [1.29, 1.82) is 0 Å². The third-order valence-corrected chi connectivity index (χ3v) is 5.03. The lowest BCUT2D eigenvalue weighted by Gasteiger charge is -2.31. The number of benzene rings is 2. The minimum absolute atomic E-state index is 0.0122. The monoisotopic (exact) mass is 428 g/mol. The normalized spacial score (nSPS) is 14.5. The molecule has 0 unspecified atom stereocenters. The van der Waals surface area contributed by atoms with E-state index < -0.39 is 16.6 Å². The van der Waals surface area contributed by atoms with Crippen LogP contribution in [0.25, 0.3) is 5.69 Å². The molecule has 0 N–H and O–H groups in total. The number of nitro benzene ring substituents is 1. The van der Waals surface area contributed by atoms with Crippen LogP contribution in [0.1, 0.15) is 23.3 Å². The third kappa shape index (κ3) is 4.52. The number of piperidine rings is 1. The number of aromatic nitrogens is 2. The number of amides is 1. The Balaban J connectivity index is 1.38. The molecule has 1 aliphatic heterocycles. The van der Waals surface area contributed by atoms with Crippen LogP contribution in [0.2, 0.25) is 0 Å². The van der Waals surface area contributed by atoms with Gasteiger partial charge in [-0.25, -0.2) is 13.5 Å². The molecule has 1 aliphatic rings. The van der Waals surface area contributed by atoms with E-state index in [1.165, 1.54) is 22.9 Å². The van der Waals surface area contributed by atoms with Crippen molar-refractivity contribution in [3.63, 3.8) is 0 Å². The predicted octanol–water partition coefficient (Wildman–Crippen LogP) is 3.74. The van der Waals surface area contributed by atoms with Gasteiger partial charge in [0.1, 0.15) is 11.9 Å². The lowest BCUT2D eigenvalue weighted by atomic mass is 10.1. The van der Waals surface area contributed by atoms with Gasteiger partial charge in [0.2, 0.25) is 0 Å². The highest BCUT2D eigenvalue weighted by atomic mass is 19.1. The Labute approximate surface area is 175 Å². The average molecular weight is 428 g/mol. The molecule has 1 fully saturated rings. The van der Waals surface area contributed by atoms with Crippen molar-refractivity contribution in [1.82, 2.24) is 14.7 Å². The number of ether oxygens (including phenoxy) is 1. The molecular weight excluding hydrogens is 410 g/mol. The summed E-state index contributed by atoms with van der Waals surface area (Å²) in [6.45, 7) is 0.798. The van der Waals surface area contributed by atoms with Gasteiger partial charge in [-0.05, 0) is 24.3 Å². The van der Waals surface area contributed by atoms with Crippen LogP contribution < -0.4 is 4.74 Å². The largest absolute Gasteiger partial charge is 0.487 e. The molecule has 4 rings (SSSR count). The average Bonchev–Trinajstić information content (AvgIpc) is 3.26. The summed E-state index contributed by atoms with van der Waals surface area (Å²) in [6, 6.07) is 10.7. The minimum Gasteiger partial charge on any atom is -0.487 e. The molecule has 3 aromatic rings. The van der Waals surface area contributed by atoms with Crippen LogP contribution in [0, 0.1) is 21.7 Å².